The molecular weight excluding hydrogens is 398 g/mol. The predicted molar refractivity (Wildman–Crippen MR) is 121 cm³/mol. The number of benzene rings is 2. The first kappa shape index (κ1) is 21.8. The lowest BCUT2D eigenvalue weighted by Crippen LogP contribution is -2.40. The Balaban J connectivity index is 1.77. The van der Waals surface area contributed by atoms with Crippen LogP contribution in [0.5, 0.6) is 0 Å². The van der Waals surface area contributed by atoms with E-state index < -0.39 is 0 Å². The summed E-state index contributed by atoms with van der Waals surface area (Å²) < 4.78 is 0. The zero-order chi connectivity index (χ0) is 21.7. The van der Waals surface area contributed by atoms with Crippen molar-refractivity contribution in [2.24, 2.45) is 0 Å². The molecule has 5 nitrogen and oxygen atoms in total. The van der Waals surface area contributed by atoms with E-state index in [0.717, 1.165) is 22.2 Å². The van der Waals surface area contributed by atoms with Gasteiger partial charge in [-0.2, -0.15) is 0 Å². The summed E-state index contributed by atoms with van der Waals surface area (Å²) in [7, 11) is 0. The van der Waals surface area contributed by atoms with Gasteiger partial charge >= 0.3 is 0 Å². The molecule has 0 unspecified atom stereocenters. The first-order valence-electron chi connectivity index (χ1n) is 10.1. The summed E-state index contributed by atoms with van der Waals surface area (Å²) in [6.07, 6.45) is 0. The lowest BCUT2D eigenvalue weighted by molar-refractivity contribution is -0.121. The van der Waals surface area contributed by atoms with Gasteiger partial charge < -0.3 is 10.2 Å². The summed E-state index contributed by atoms with van der Waals surface area (Å²) in [5.74, 6) is -0.179. The predicted octanol–water partition coefficient (Wildman–Crippen LogP) is 4.79. The van der Waals surface area contributed by atoms with Gasteiger partial charge in [0.15, 0.2) is 0 Å². The second kappa shape index (κ2) is 9.72. The third kappa shape index (κ3) is 5.16. The Hall–Kier alpha value is -2.92. The van der Waals surface area contributed by atoms with Gasteiger partial charge in [-0.15, -0.1) is 0 Å². The van der Waals surface area contributed by atoms with Crippen LogP contribution in [0.25, 0.3) is 10.9 Å². The quantitative estimate of drug-likeness (QED) is 0.594. The lowest BCUT2D eigenvalue weighted by atomic mass is 10.0. The number of rotatable bonds is 7. The maximum absolute atomic E-state index is 13.3. The minimum Gasteiger partial charge on any atom is -0.350 e. The highest BCUT2D eigenvalue weighted by molar-refractivity contribution is 6.30. The molecular formula is C24H26ClN3O2. The van der Waals surface area contributed by atoms with Gasteiger partial charge in [0.05, 0.1) is 17.6 Å². The number of halogens is 1. The van der Waals surface area contributed by atoms with Crippen LogP contribution in [-0.2, 0) is 11.3 Å². The molecule has 2 amide bonds. The summed E-state index contributed by atoms with van der Waals surface area (Å²) in [6, 6.07) is 16.8. The maximum atomic E-state index is 13.3. The third-order valence-corrected chi connectivity index (χ3v) is 5.22. The topological polar surface area (TPSA) is 62.3 Å². The summed E-state index contributed by atoms with van der Waals surface area (Å²) in [4.78, 5) is 32.0. The van der Waals surface area contributed by atoms with Crippen LogP contribution in [0.4, 0.5) is 0 Å². The molecule has 0 atom stereocenters. The molecule has 0 aliphatic heterocycles. The summed E-state index contributed by atoms with van der Waals surface area (Å²) in [6.45, 7) is 6.78. The molecule has 0 saturated heterocycles. The van der Waals surface area contributed by atoms with Crippen molar-refractivity contribution in [3.8, 4) is 0 Å². The molecule has 1 aromatic heterocycles. The number of carbonyl (C=O) groups is 2. The molecule has 30 heavy (non-hydrogen) atoms. The fraction of sp³-hybridized carbons (Fsp3) is 0.292. The number of carbonyl (C=O) groups excluding carboxylic acids is 2. The van der Waals surface area contributed by atoms with Crippen molar-refractivity contribution in [3.05, 3.63) is 76.4 Å². The second-order valence-electron chi connectivity index (χ2n) is 7.49. The normalized spacial score (nSPS) is 11.0. The molecule has 156 valence electrons. The van der Waals surface area contributed by atoms with E-state index in [0.29, 0.717) is 23.7 Å². The van der Waals surface area contributed by atoms with Crippen molar-refractivity contribution in [2.75, 3.05) is 13.1 Å². The van der Waals surface area contributed by atoms with E-state index in [9.17, 15) is 9.59 Å². The number of amides is 2. The van der Waals surface area contributed by atoms with E-state index in [1.54, 1.807) is 17.0 Å². The standard InChI is InChI=1S/C24H26ClN3O2/c1-4-28(15-23(29)26-14-17-9-11-18(25)12-10-17)24(30)20-13-22(16(2)3)27-21-8-6-5-7-19(20)21/h5-13,16H,4,14-15H2,1-3H3,(H,26,29). The van der Waals surface area contributed by atoms with E-state index in [2.05, 4.69) is 10.3 Å². The fourth-order valence-corrected chi connectivity index (χ4v) is 3.32. The van der Waals surface area contributed by atoms with E-state index in [-0.39, 0.29) is 24.3 Å². The van der Waals surface area contributed by atoms with Crippen LogP contribution in [0.3, 0.4) is 0 Å². The number of hydrogen-bond donors (Lipinski definition) is 1. The maximum Gasteiger partial charge on any atom is 0.255 e. The van der Waals surface area contributed by atoms with Crippen LogP contribution in [0.1, 0.15) is 48.3 Å². The van der Waals surface area contributed by atoms with Gasteiger partial charge in [0.1, 0.15) is 0 Å². The second-order valence-corrected chi connectivity index (χ2v) is 7.93. The Morgan fingerprint density at radius 2 is 1.80 bits per heavy atom. The molecule has 0 aliphatic rings. The third-order valence-electron chi connectivity index (χ3n) is 4.96. The summed E-state index contributed by atoms with van der Waals surface area (Å²) >= 11 is 5.89. The van der Waals surface area contributed by atoms with Crippen molar-refractivity contribution >= 4 is 34.3 Å². The van der Waals surface area contributed by atoms with E-state index >= 15 is 0 Å². The number of pyridine rings is 1. The Bertz CT molecular complexity index is 1050. The Labute approximate surface area is 182 Å². The van der Waals surface area contributed by atoms with E-state index in [1.165, 1.54) is 0 Å². The molecule has 3 rings (SSSR count). The number of para-hydroxylation sites is 1. The van der Waals surface area contributed by atoms with Crippen molar-refractivity contribution in [3.63, 3.8) is 0 Å². The molecule has 6 heteroatoms. The molecule has 0 aliphatic carbocycles. The van der Waals surface area contributed by atoms with Crippen LogP contribution in [0.2, 0.25) is 5.02 Å². The van der Waals surface area contributed by atoms with Crippen molar-refractivity contribution < 1.29 is 9.59 Å². The minimum absolute atomic E-state index is 0.00339. The fourth-order valence-electron chi connectivity index (χ4n) is 3.20. The minimum atomic E-state index is -0.206. The van der Waals surface area contributed by atoms with Crippen LogP contribution in [0.15, 0.2) is 54.6 Å². The van der Waals surface area contributed by atoms with Crippen molar-refractivity contribution in [1.29, 1.82) is 0 Å². The zero-order valence-corrected chi connectivity index (χ0v) is 18.2. The molecule has 3 aromatic rings. The van der Waals surface area contributed by atoms with E-state index in [4.69, 9.17) is 11.6 Å². The molecule has 0 fully saturated rings. The number of fused-ring (bicyclic) bond motifs is 1. The lowest BCUT2D eigenvalue weighted by Gasteiger charge is -2.22. The number of nitrogens with one attached hydrogen (secondary N) is 1. The Kier molecular flexibility index (Phi) is 7.06. The number of aromatic nitrogens is 1. The van der Waals surface area contributed by atoms with Crippen molar-refractivity contribution in [1.82, 2.24) is 15.2 Å². The first-order valence-corrected chi connectivity index (χ1v) is 10.5. The number of likely N-dealkylation sites (N-methyl/N-ethyl adjacent to an activating group) is 1. The molecule has 0 radical (unpaired) electrons. The molecule has 1 N–H and O–H groups in total. The SMILES string of the molecule is CCN(CC(=O)NCc1ccc(Cl)cc1)C(=O)c1cc(C(C)C)nc2ccccc12. The highest BCUT2D eigenvalue weighted by atomic mass is 35.5. The van der Waals surface area contributed by atoms with Crippen LogP contribution < -0.4 is 5.32 Å². The average Bonchev–Trinajstić information content (AvgIpc) is 2.75. The van der Waals surface area contributed by atoms with Gasteiger partial charge in [0, 0.05) is 29.2 Å². The highest BCUT2D eigenvalue weighted by Gasteiger charge is 2.21. The highest BCUT2D eigenvalue weighted by Crippen LogP contribution is 2.23. The van der Waals surface area contributed by atoms with Gasteiger partial charge in [0.25, 0.3) is 5.91 Å². The van der Waals surface area contributed by atoms with E-state index in [1.807, 2.05) is 63.2 Å². The smallest absolute Gasteiger partial charge is 0.255 e. The Morgan fingerprint density at radius 1 is 1.10 bits per heavy atom. The van der Waals surface area contributed by atoms with Crippen LogP contribution >= 0.6 is 11.6 Å². The molecule has 0 saturated carbocycles. The van der Waals surface area contributed by atoms with Crippen LogP contribution in [-0.4, -0.2) is 34.8 Å². The molecule has 0 spiro atoms. The summed E-state index contributed by atoms with van der Waals surface area (Å²) in [5, 5.41) is 4.32. The molecule has 1 heterocycles. The van der Waals surface area contributed by atoms with Gasteiger partial charge in [-0.05, 0) is 42.7 Å². The van der Waals surface area contributed by atoms with Gasteiger partial charge in [-0.1, -0.05) is 55.8 Å². The molecule has 2 aromatic carbocycles. The Morgan fingerprint density at radius 3 is 2.47 bits per heavy atom. The molecule has 0 bridgehead atoms. The van der Waals surface area contributed by atoms with Gasteiger partial charge in [-0.25, -0.2) is 0 Å². The zero-order valence-electron chi connectivity index (χ0n) is 17.5. The summed E-state index contributed by atoms with van der Waals surface area (Å²) in [5.41, 5.74) is 3.18. The average molecular weight is 424 g/mol. The van der Waals surface area contributed by atoms with Crippen molar-refractivity contribution in [2.45, 2.75) is 33.2 Å². The number of hydrogen-bond acceptors (Lipinski definition) is 3. The van der Waals surface area contributed by atoms with Gasteiger partial charge in [-0.3, -0.25) is 14.6 Å². The van der Waals surface area contributed by atoms with Gasteiger partial charge in [0.2, 0.25) is 5.91 Å². The van der Waals surface area contributed by atoms with Crippen LogP contribution in [0, 0.1) is 0 Å². The number of nitrogens with zero attached hydrogens (tertiary/aromatic N) is 2. The largest absolute Gasteiger partial charge is 0.350 e. The monoisotopic (exact) mass is 423 g/mol. The first-order chi connectivity index (χ1) is 14.4.